The van der Waals surface area contributed by atoms with Gasteiger partial charge in [-0.15, -0.1) is 11.6 Å². The van der Waals surface area contributed by atoms with Gasteiger partial charge in [-0.1, -0.05) is 29.3 Å². The molecule has 1 aromatic heterocycles. The van der Waals surface area contributed by atoms with Gasteiger partial charge in [0.1, 0.15) is 5.82 Å². The lowest BCUT2D eigenvalue weighted by atomic mass is 9.84. The van der Waals surface area contributed by atoms with Crippen molar-refractivity contribution in [2.75, 3.05) is 5.88 Å². The summed E-state index contributed by atoms with van der Waals surface area (Å²) in [6.45, 7) is 2.31. The summed E-state index contributed by atoms with van der Waals surface area (Å²) in [6.07, 6.45) is 7.40. The normalized spacial score (nSPS) is 22.8. The molecule has 1 aliphatic carbocycles. The average Bonchev–Trinajstić information content (AvgIpc) is 2.85. The fourth-order valence-corrected chi connectivity index (χ4v) is 4.12. The molecule has 0 bridgehead atoms. The van der Waals surface area contributed by atoms with Crippen molar-refractivity contribution in [3.8, 4) is 0 Å². The summed E-state index contributed by atoms with van der Waals surface area (Å²) in [6, 6.07) is 7.01. The molecule has 4 heteroatoms. The largest absolute Gasteiger partial charge is 0.325 e. The fourth-order valence-electron chi connectivity index (χ4n) is 3.60. The van der Waals surface area contributed by atoms with E-state index in [0.29, 0.717) is 11.9 Å². The van der Waals surface area contributed by atoms with Gasteiger partial charge in [-0.25, -0.2) is 4.98 Å². The second-order valence-corrected chi connectivity index (χ2v) is 7.35. The summed E-state index contributed by atoms with van der Waals surface area (Å²) in [5.41, 5.74) is 2.35. The summed E-state index contributed by atoms with van der Waals surface area (Å²) in [5, 5.41) is 0. The zero-order chi connectivity index (χ0) is 14.8. The lowest BCUT2D eigenvalue weighted by Crippen LogP contribution is -2.19. The first-order chi connectivity index (χ1) is 10.2. The summed E-state index contributed by atoms with van der Waals surface area (Å²) < 4.78 is 3.56. The van der Waals surface area contributed by atoms with Crippen molar-refractivity contribution in [2.45, 2.75) is 51.5 Å². The zero-order valence-electron chi connectivity index (χ0n) is 12.5. The molecule has 2 aromatic rings. The van der Waals surface area contributed by atoms with Crippen LogP contribution in [0.1, 0.15) is 50.9 Å². The summed E-state index contributed by atoms with van der Waals surface area (Å²) >= 11 is 9.53. The van der Waals surface area contributed by atoms with Gasteiger partial charge in [0.2, 0.25) is 0 Å². The Morgan fingerprint density at radius 3 is 2.71 bits per heavy atom. The maximum atomic E-state index is 5.99. The Hall–Kier alpha value is -0.540. The molecular weight excluding hydrogens is 348 g/mol. The van der Waals surface area contributed by atoms with E-state index in [-0.39, 0.29) is 0 Å². The zero-order valence-corrected chi connectivity index (χ0v) is 14.8. The molecule has 1 heterocycles. The van der Waals surface area contributed by atoms with E-state index in [1.54, 1.807) is 0 Å². The highest BCUT2D eigenvalue weighted by molar-refractivity contribution is 9.10. The van der Waals surface area contributed by atoms with Crippen LogP contribution in [-0.2, 0) is 6.42 Å². The minimum absolute atomic E-state index is 0.595. The minimum atomic E-state index is 0.595. The van der Waals surface area contributed by atoms with E-state index in [1.165, 1.54) is 37.6 Å². The molecule has 21 heavy (non-hydrogen) atoms. The first kappa shape index (κ1) is 15.4. The molecule has 114 valence electrons. The Morgan fingerprint density at radius 1 is 1.29 bits per heavy atom. The van der Waals surface area contributed by atoms with Gasteiger partial charge >= 0.3 is 0 Å². The Balaban J connectivity index is 1.97. The van der Waals surface area contributed by atoms with Crippen molar-refractivity contribution >= 4 is 38.6 Å². The van der Waals surface area contributed by atoms with E-state index in [1.807, 2.05) is 0 Å². The number of fused-ring (bicyclic) bond motifs is 1. The monoisotopic (exact) mass is 368 g/mol. The number of alkyl halides is 1. The number of halogens is 2. The molecule has 3 rings (SSSR count). The number of aryl methyl sites for hydroxylation is 1. The fraction of sp³-hybridized carbons (Fsp3) is 0.588. The van der Waals surface area contributed by atoms with Gasteiger partial charge in [0, 0.05) is 22.8 Å². The minimum Gasteiger partial charge on any atom is -0.325 e. The van der Waals surface area contributed by atoms with Crippen LogP contribution in [0.15, 0.2) is 22.7 Å². The van der Waals surface area contributed by atoms with E-state index in [2.05, 4.69) is 45.6 Å². The van der Waals surface area contributed by atoms with Gasteiger partial charge in [-0.05, 0) is 49.8 Å². The van der Waals surface area contributed by atoms with Crippen molar-refractivity contribution in [1.82, 2.24) is 9.55 Å². The Bertz CT molecular complexity index is 615. The Labute approximate surface area is 140 Å². The van der Waals surface area contributed by atoms with Crippen LogP contribution in [0.2, 0.25) is 0 Å². The first-order valence-corrected chi connectivity index (χ1v) is 9.28. The molecule has 1 aliphatic rings. The maximum Gasteiger partial charge on any atom is 0.111 e. The van der Waals surface area contributed by atoms with Gasteiger partial charge in [0.15, 0.2) is 0 Å². The third-order valence-electron chi connectivity index (χ3n) is 4.80. The number of hydrogen-bond acceptors (Lipinski definition) is 1. The van der Waals surface area contributed by atoms with E-state index in [4.69, 9.17) is 16.6 Å². The standard InChI is InChI=1S/C17H22BrClN2/c1-2-12-3-6-14(7-4-12)21-16-8-5-13(18)11-15(16)20-17(21)9-10-19/h5,8,11-12,14H,2-4,6-7,9-10H2,1H3. The predicted molar refractivity (Wildman–Crippen MR) is 93.1 cm³/mol. The van der Waals surface area contributed by atoms with Crippen LogP contribution in [0.25, 0.3) is 11.0 Å². The van der Waals surface area contributed by atoms with Crippen LogP contribution < -0.4 is 0 Å². The molecule has 1 fully saturated rings. The smallest absolute Gasteiger partial charge is 0.111 e. The van der Waals surface area contributed by atoms with E-state index >= 15 is 0 Å². The number of aromatic nitrogens is 2. The second-order valence-electron chi connectivity index (χ2n) is 6.05. The first-order valence-electron chi connectivity index (χ1n) is 7.95. The Morgan fingerprint density at radius 2 is 2.05 bits per heavy atom. The molecule has 0 saturated heterocycles. The molecule has 0 aliphatic heterocycles. The molecule has 0 atom stereocenters. The third kappa shape index (κ3) is 3.14. The summed E-state index contributed by atoms with van der Waals surface area (Å²) in [7, 11) is 0. The van der Waals surface area contributed by atoms with Crippen LogP contribution >= 0.6 is 27.5 Å². The molecule has 0 N–H and O–H groups in total. The van der Waals surface area contributed by atoms with Crippen molar-refractivity contribution in [1.29, 1.82) is 0 Å². The molecule has 0 amide bonds. The molecular formula is C17H22BrClN2. The maximum absolute atomic E-state index is 5.99. The van der Waals surface area contributed by atoms with E-state index in [9.17, 15) is 0 Å². The van der Waals surface area contributed by atoms with Crippen LogP contribution in [0.4, 0.5) is 0 Å². The molecule has 0 unspecified atom stereocenters. The highest BCUT2D eigenvalue weighted by atomic mass is 79.9. The van der Waals surface area contributed by atoms with E-state index in [0.717, 1.165) is 28.2 Å². The van der Waals surface area contributed by atoms with Gasteiger partial charge in [0.05, 0.1) is 11.0 Å². The quantitative estimate of drug-likeness (QED) is 0.630. The Kier molecular flexibility index (Phi) is 4.90. The van der Waals surface area contributed by atoms with Crippen LogP contribution in [-0.4, -0.2) is 15.4 Å². The third-order valence-corrected chi connectivity index (χ3v) is 5.48. The van der Waals surface area contributed by atoms with Crippen molar-refractivity contribution < 1.29 is 0 Å². The van der Waals surface area contributed by atoms with Crippen LogP contribution in [0, 0.1) is 5.92 Å². The molecule has 1 saturated carbocycles. The van der Waals surface area contributed by atoms with Gasteiger partial charge in [0.25, 0.3) is 0 Å². The summed E-state index contributed by atoms with van der Waals surface area (Å²) in [4.78, 5) is 4.83. The second kappa shape index (κ2) is 6.70. The predicted octanol–water partition coefficient (Wildman–Crippen LogP) is 5.72. The van der Waals surface area contributed by atoms with Crippen LogP contribution in [0.3, 0.4) is 0 Å². The van der Waals surface area contributed by atoms with Crippen molar-refractivity contribution in [3.63, 3.8) is 0 Å². The summed E-state index contributed by atoms with van der Waals surface area (Å²) in [5.74, 6) is 2.70. The van der Waals surface area contributed by atoms with Gasteiger partial charge in [-0.3, -0.25) is 0 Å². The van der Waals surface area contributed by atoms with Crippen LogP contribution in [0.5, 0.6) is 0 Å². The van der Waals surface area contributed by atoms with Crippen molar-refractivity contribution in [3.05, 3.63) is 28.5 Å². The SMILES string of the molecule is CCC1CCC(n2c(CCCl)nc3cc(Br)ccc32)CC1. The highest BCUT2D eigenvalue weighted by Crippen LogP contribution is 2.36. The van der Waals surface area contributed by atoms with Gasteiger partial charge in [-0.2, -0.15) is 0 Å². The van der Waals surface area contributed by atoms with E-state index < -0.39 is 0 Å². The molecule has 0 spiro atoms. The molecule has 2 nitrogen and oxygen atoms in total. The lowest BCUT2D eigenvalue weighted by Gasteiger charge is -2.30. The average molecular weight is 370 g/mol. The number of benzene rings is 1. The number of hydrogen-bond donors (Lipinski definition) is 0. The molecule has 1 aromatic carbocycles. The topological polar surface area (TPSA) is 17.8 Å². The van der Waals surface area contributed by atoms with Crippen molar-refractivity contribution in [2.24, 2.45) is 5.92 Å². The number of imidazole rings is 1. The highest BCUT2D eigenvalue weighted by Gasteiger charge is 2.24. The lowest BCUT2D eigenvalue weighted by molar-refractivity contribution is 0.270. The molecule has 0 radical (unpaired) electrons. The van der Waals surface area contributed by atoms with Gasteiger partial charge < -0.3 is 4.57 Å². The number of rotatable bonds is 4. The number of nitrogens with zero attached hydrogens (tertiary/aromatic N) is 2.